The van der Waals surface area contributed by atoms with Crippen LogP contribution in [0.15, 0.2) is 42.5 Å². The van der Waals surface area contributed by atoms with E-state index in [0.717, 1.165) is 12.5 Å². The molecular weight excluding hydrogens is 524 g/mol. The molecule has 0 N–H and O–H groups in total. The molecule has 3 aromatic rings. The Morgan fingerprint density at radius 1 is 0.789 bits per heavy atom. The highest BCUT2D eigenvalue weighted by molar-refractivity contribution is 5.65. The topological polar surface area (TPSA) is 27.7 Å². The van der Waals surface area contributed by atoms with E-state index in [1.807, 2.05) is 0 Å². The Hall–Kier alpha value is -3.18. The molecule has 38 heavy (non-hydrogen) atoms. The molecule has 1 heterocycles. The van der Waals surface area contributed by atoms with Gasteiger partial charge in [-0.05, 0) is 42.0 Å². The standard InChI is InChI=1S/C27H20F8O3/c1-12-4-18(12)15-10-36-26(37-11-15)13-2-3-17(19(28)5-13)14-6-20(29)24(21(30)7-14)27(34,35)38-16-8-22(31)25(33)23(32)9-16/h2-3,5-9,12,15,18,26H,4,10-11H2,1H3. The molecule has 1 saturated carbocycles. The Balaban J connectivity index is 1.35. The summed E-state index contributed by atoms with van der Waals surface area (Å²) in [5, 5.41) is 0. The molecule has 0 radical (unpaired) electrons. The quantitative estimate of drug-likeness (QED) is 0.236. The molecule has 0 bridgehead atoms. The van der Waals surface area contributed by atoms with Gasteiger partial charge in [-0.15, -0.1) is 0 Å². The third-order valence-electron chi connectivity index (χ3n) is 6.81. The SMILES string of the molecule is CC1CC1C1COC(c2ccc(-c3cc(F)c(C(F)(F)Oc4cc(F)c(F)c(F)c4)c(F)c3)c(F)c2)OC1. The fourth-order valence-corrected chi connectivity index (χ4v) is 4.67. The van der Waals surface area contributed by atoms with E-state index in [1.54, 1.807) is 0 Å². The van der Waals surface area contributed by atoms with Crippen LogP contribution in [0.2, 0.25) is 0 Å². The summed E-state index contributed by atoms with van der Waals surface area (Å²) in [5.74, 6) is -9.93. The lowest BCUT2D eigenvalue weighted by molar-refractivity contribution is -0.208. The summed E-state index contributed by atoms with van der Waals surface area (Å²) in [6, 6.07) is 4.84. The Bertz CT molecular complexity index is 1320. The summed E-state index contributed by atoms with van der Waals surface area (Å²) in [6.07, 6.45) is -4.47. The highest BCUT2D eigenvalue weighted by Crippen LogP contribution is 2.46. The maximum atomic E-state index is 14.9. The number of hydrogen-bond donors (Lipinski definition) is 0. The molecule has 5 rings (SSSR count). The van der Waals surface area contributed by atoms with Gasteiger partial charge in [0.15, 0.2) is 23.7 Å². The molecule has 3 aromatic carbocycles. The van der Waals surface area contributed by atoms with Crippen molar-refractivity contribution < 1.29 is 49.3 Å². The second kappa shape index (κ2) is 9.85. The minimum Gasteiger partial charge on any atom is -0.429 e. The molecule has 2 unspecified atom stereocenters. The summed E-state index contributed by atoms with van der Waals surface area (Å²) in [5.41, 5.74) is -2.22. The largest absolute Gasteiger partial charge is 0.432 e. The van der Waals surface area contributed by atoms with Gasteiger partial charge < -0.3 is 14.2 Å². The zero-order chi connectivity index (χ0) is 27.4. The fourth-order valence-electron chi connectivity index (χ4n) is 4.67. The summed E-state index contributed by atoms with van der Waals surface area (Å²) in [7, 11) is 0. The molecule has 0 amide bonds. The molecule has 1 saturated heterocycles. The van der Waals surface area contributed by atoms with Crippen molar-refractivity contribution in [2.24, 2.45) is 17.8 Å². The van der Waals surface area contributed by atoms with Gasteiger partial charge in [-0.3, -0.25) is 0 Å². The summed E-state index contributed by atoms with van der Waals surface area (Å²) < 4.78 is 129. The Morgan fingerprint density at radius 2 is 1.37 bits per heavy atom. The van der Waals surface area contributed by atoms with Gasteiger partial charge in [-0.25, -0.2) is 26.3 Å². The van der Waals surface area contributed by atoms with E-state index in [1.165, 1.54) is 12.1 Å². The zero-order valence-electron chi connectivity index (χ0n) is 19.7. The van der Waals surface area contributed by atoms with Crippen LogP contribution >= 0.6 is 0 Å². The van der Waals surface area contributed by atoms with Crippen molar-refractivity contribution in [1.29, 1.82) is 0 Å². The van der Waals surface area contributed by atoms with Crippen LogP contribution in [0.5, 0.6) is 5.75 Å². The molecule has 11 heteroatoms. The minimum absolute atomic E-state index is 0.0970. The van der Waals surface area contributed by atoms with Crippen LogP contribution in [0.3, 0.4) is 0 Å². The zero-order valence-corrected chi connectivity index (χ0v) is 19.7. The van der Waals surface area contributed by atoms with E-state index in [9.17, 15) is 35.1 Å². The first-order valence-corrected chi connectivity index (χ1v) is 11.7. The lowest BCUT2D eigenvalue weighted by atomic mass is 9.99. The van der Waals surface area contributed by atoms with Gasteiger partial charge in [0.05, 0.1) is 13.2 Å². The first-order chi connectivity index (χ1) is 17.9. The van der Waals surface area contributed by atoms with Crippen LogP contribution in [0.1, 0.15) is 30.8 Å². The second-order valence-corrected chi connectivity index (χ2v) is 9.51. The monoisotopic (exact) mass is 544 g/mol. The molecule has 202 valence electrons. The van der Waals surface area contributed by atoms with Crippen LogP contribution in [0.25, 0.3) is 11.1 Å². The van der Waals surface area contributed by atoms with Gasteiger partial charge in [0.2, 0.25) is 0 Å². The average Bonchev–Trinajstić information content (AvgIpc) is 3.58. The van der Waals surface area contributed by atoms with Gasteiger partial charge in [0.25, 0.3) is 0 Å². The van der Waals surface area contributed by atoms with Crippen molar-refractivity contribution in [2.45, 2.75) is 25.7 Å². The molecule has 2 aliphatic rings. The van der Waals surface area contributed by atoms with Crippen molar-refractivity contribution >= 4 is 0 Å². The molecule has 0 aromatic heterocycles. The van der Waals surface area contributed by atoms with Crippen LogP contribution < -0.4 is 4.74 Å². The van der Waals surface area contributed by atoms with Crippen molar-refractivity contribution in [1.82, 2.24) is 0 Å². The van der Waals surface area contributed by atoms with Crippen LogP contribution in [-0.2, 0) is 15.6 Å². The lowest BCUT2D eigenvalue weighted by Crippen LogP contribution is -2.28. The van der Waals surface area contributed by atoms with Crippen molar-refractivity contribution in [3.05, 3.63) is 88.5 Å². The maximum Gasteiger partial charge on any atom is 0.432 e. The van der Waals surface area contributed by atoms with Crippen LogP contribution in [-0.4, -0.2) is 13.2 Å². The van der Waals surface area contributed by atoms with Crippen molar-refractivity contribution in [3.8, 4) is 16.9 Å². The molecule has 0 spiro atoms. The number of benzene rings is 3. The number of halogens is 8. The van der Waals surface area contributed by atoms with E-state index in [4.69, 9.17) is 9.47 Å². The van der Waals surface area contributed by atoms with Gasteiger partial charge in [-0.2, -0.15) is 8.78 Å². The van der Waals surface area contributed by atoms with E-state index in [0.29, 0.717) is 42.7 Å². The van der Waals surface area contributed by atoms with E-state index < -0.39 is 64.2 Å². The summed E-state index contributed by atoms with van der Waals surface area (Å²) in [6.45, 7) is 3.05. The fraction of sp³-hybridized carbons (Fsp3) is 0.333. The van der Waals surface area contributed by atoms with Gasteiger partial charge in [-0.1, -0.05) is 19.1 Å². The Morgan fingerprint density at radius 3 is 1.89 bits per heavy atom. The lowest BCUT2D eigenvalue weighted by Gasteiger charge is -2.30. The molecule has 1 aliphatic carbocycles. The highest BCUT2D eigenvalue weighted by atomic mass is 19.3. The second-order valence-electron chi connectivity index (χ2n) is 9.51. The first-order valence-electron chi connectivity index (χ1n) is 11.7. The van der Waals surface area contributed by atoms with Crippen LogP contribution in [0.4, 0.5) is 35.1 Å². The van der Waals surface area contributed by atoms with E-state index in [2.05, 4.69) is 11.7 Å². The number of ether oxygens (including phenoxy) is 3. The minimum atomic E-state index is -4.75. The molecule has 2 atom stereocenters. The van der Waals surface area contributed by atoms with E-state index >= 15 is 0 Å². The number of hydrogen-bond acceptors (Lipinski definition) is 3. The number of alkyl halides is 2. The first kappa shape index (κ1) is 26.4. The highest BCUT2D eigenvalue weighted by Gasteiger charge is 2.43. The normalized spacial score (nSPS) is 23.4. The smallest absolute Gasteiger partial charge is 0.429 e. The van der Waals surface area contributed by atoms with Gasteiger partial charge >= 0.3 is 6.11 Å². The predicted octanol–water partition coefficient (Wildman–Crippen LogP) is 7.63. The molecule has 3 nitrogen and oxygen atoms in total. The Labute approximate surface area is 211 Å². The van der Waals surface area contributed by atoms with Crippen molar-refractivity contribution in [2.75, 3.05) is 13.2 Å². The molecule has 1 aliphatic heterocycles. The third kappa shape index (κ3) is 5.09. The maximum absolute atomic E-state index is 14.9. The van der Waals surface area contributed by atoms with Crippen LogP contribution in [0, 0.1) is 52.7 Å². The number of rotatable bonds is 6. The summed E-state index contributed by atoms with van der Waals surface area (Å²) >= 11 is 0. The third-order valence-corrected chi connectivity index (χ3v) is 6.81. The predicted molar refractivity (Wildman–Crippen MR) is 118 cm³/mol. The van der Waals surface area contributed by atoms with Gasteiger partial charge in [0.1, 0.15) is 28.8 Å². The summed E-state index contributed by atoms with van der Waals surface area (Å²) in [4.78, 5) is 0. The Kier molecular flexibility index (Phi) is 6.85. The van der Waals surface area contributed by atoms with E-state index in [-0.39, 0.29) is 23.6 Å². The van der Waals surface area contributed by atoms with Gasteiger partial charge in [0, 0.05) is 29.2 Å². The average molecular weight is 544 g/mol. The molecular formula is C27H20F8O3. The molecule has 2 fully saturated rings. The van der Waals surface area contributed by atoms with Crippen molar-refractivity contribution in [3.63, 3.8) is 0 Å².